The lowest BCUT2D eigenvalue weighted by molar-refractivity contribution is -0.138. The van der Waals surface area contributed by atoms with Crippen LogP contribution >= 0.6 is 0 Å². The molecule has 0 N–H and O–H groups in total. The number of rotatable bonds is 4. The van der Waals surface area contributed by atoms with Gasteiger partial charge in [0.2, 0.25) is 0 Å². The van der Waals surface area contributed by atoms with Crippen LogP contribution in [0.15, 0.2) is 23.8 Å². The van der Waals surface area contributed by atoms with Crippen molar-refractivity contribution in [3.05, 3.63) is 23.8 Å². The van der Waals surface area contributed by atoms with E-state index in [0.29, 0.717) is 5.57 Å². The molecule has 0 aromatic rings. The fourth-order valence-corrected chi connectivity index (χ4v) is 1.25. The number of ether oxygens (including phenoxy) is 1. The number of allylic oxidation sites excluding steroid dienone is 1. The molecule has 13 heavy (non-hydrogen) atoms. The van der Waals surface area contributed by atoms with Gasteiger partial charge in [0.1, 0.15) is 6.10 Å². The quantitative estimate of drug-likeness (QED) is 0.491. The van der Waals surface area contributed by atoms with Gasteiger partial charge in [-0.1, -0.05) is 31.9 Å². The third-order valence-electron chi connectivity index (χ3n) is 1.96. The van der Waals surface area contributed by atoms with Gasteiger partial charge >= 0.3 is 5.97 Å². The van der Waals surface area contributed by atoms with Crippen molar-refractivity contribution in [1.82, 2.24) is 0 Å². The van der Waals surface area contributed by atoms with Crippen molar-refractivity contribution in [2.45, 2.75) is 39.2 Å². The molecule has 0 saturated heterocycles. The van der Waals surface area contributed by atoms with Crippen LogP contribution in [0, 0.1) is 0 Å². The molecular formula is C11H16O2. The van der Waals surface area contributed by atoms with Crippen LogP contribution in [0.1, 0.15) is 33.1 Å². The molecular weight excluding hydrogens is 164 g/mol. The number of unbranched alkanes of at least 4 members (excludes halogenated alkanes) is 2. The largest absolute Gasteiger partial charge is 0.455 e. The summed E-state index contributed by atoms with van der Waals surface area (Å²) in [6.07, 6.45) is 9.09. The molecule has 0 saturated carbocycles. The first-order valence-electron chi connectivity index (χ1n) is 4.83. The minimum Gasteiger partial charge on any atom is -0.455 e. The van der Waals surface area contributed by atoms with E-state index in [4.69, 9.17) is 4.74 Å². The zero-order valence-corrected chi connectivity index (χ0v) is 8.25. The molecule has 0 unspecified atom stereocenters. The van der Waals surface area contributed by atoms with Crippen molar-refractivity contribution < 1.29 is 9.53 Å². The molecule has 1 rings (SSSR count). The van der Waals surface area contributed by atoms with Crippen LogP contribution in [0.25, 0.3) is 0 Å². The van der Waals surface area contributed by atoms with Gasteiger partial charge in [0.05, 0.1) is 5.57 Å². The van der Waals surface area contributed by atoms with Gasteiger partial charge in [-0.15, -0.1) is 0 Å². The minimum absolute atomic E-state index is 0.0571. The van der Waals surface area contributed by atoms with E-state index in [0.717, 1.165) is 6.42 Å². The van der Waals surface area contributed by atoms with Crippen molar-refractivity contribution in [3.63, 3.8) is 0 Å². The highest BCUT2D eigenvalue weighted by atomic mass is 16.5. The molecule has 0 aromatic heterocycles. The van der Waals surface area contributed by atoms with Crippen LogP contribution in [0.3, 0.4) is 0 Å². The summed E-state index contributed by atoms with van der Waals surface area (Å²) >= 11 is 0. The first-order valence-corrected chi connectivity index (χ1v) is 4.83. The Labute approximate surface area is 79.3 Å². The Bertz CT molecular complexity index is 238. The van der Waals surface area contributed by atoms with Crippen molar-refractivity contribution in [2.24, 2.45) is 0 Å². The maximum Gasteiger partial charge on any atom is 0.338 e. The van der Waals surface area contributed by atoms with Crippen molar-refractivity contribution in [3.8, 4) is 0 Å². The Morgan fingerprint density at radius 2 is 2.38 bits per heavy atom. The topological polar surface area (TPSA) is 26.3 Å². The number of hydrogen-bond donors (Lipinski definition) is 0. The smallest absolute Gasteiger partial charge is 0.338 e. The third kappa shape index (κ3) is 3.05. The summed E-state index contributed by atoms with van der Waals surface area (Å²) in [6.45, 7) is 4.02. The average molecular weight is 180 g/mol. The number of cyclic esters (lactones) is 1. The average Bonchev–Trinajstić information content (AvgIpc) is 2.39. The van der Waals surface area contributed by atoms with Gasteiger partial charge in [0.15, 0.2) is 0 Å². The number of carbonyl (C=O) groups is 1. The summed E-state index contributed by atoms with van der Waals surface area (Å²) in [4.78, 5) is 11.1. The fourth-order valence-electron chi connectivity index (χ4n) is 1.25. The van der Waals surface area contributed by atoms with Crippen LogP contribution in [0.4, 0.5) is 0 Å². The number of hydrogen-bond acceptors (Lipinski definition) is 2. The standard InChI is InChI=1S/C11H16O2/c1-3-4-5-6-7-10-8-9(2)13-11(10)12/h6-9H,3-5H2,1-2H3/b7-6-/t9-/m1/s1. The predicted octanol–water partition coefficient (Wildman–Crippen LogP) is 2.60. The zero-order valence-electron chi connectivity index (χ0n) is 8.25. The summed E-state index contributed by atoms with van der Waals surface area (Å²) < 4.78 is 4.95. The van der Waals surface area contributed by atoms with E-state index in [1.54, 1.807) is 0 Å². The molecule has 72 valence electrons. The molecule has 1 aliphatic heterocycles. The highest BCUT2D eigenvalue weighted by Gasteiger charge is 2.19. The molecule has 1 atom stereocenters. The van der Waals surface area contributed by atoms with Crippen LogP contribution in [-0.4, -0.2) is 12.1 Å². The molecule has 0 aromatic carbocycles. The van der Waals surface area contributed by atoms with E-state index in [1.165, 1.54) is 12.8 Å². The Kier molecular flexibility index (Phi) is 3.74. The lowest BCUT2D eigenvalue weighted by Crippen LogP contribution is -2.02. The van der Waals surface area contributed by atoms with Crippen LogP contribution in [0.5, 0.6) is 0 Å². The number of esters is 1. The van der Waals surface area contributed by atoms with Crippen LogP contribution in [-0.2, 0) is 9.53 Å². The van der Waals surface area contributed by atoms with E-state index < -0.39 is 0 Å². The van der Waals surface area contributed by atoms with Crippen LogP contribution < -0.4 is 0 Å². The summed E-state index contributed by atoms with van der Waals surface area (Å²) in [7, 11) is 0. The second-order valence-corrected chi connectivity index (χ2v) is 3.28. The molecule has 1 heterocycles. The van der Waals surface area contributed by atoms with Crippen LogP contribution in [0.2, 0.25) is 0 Å². The van der Waals surface area contributed by atoms with Gasteiger partial charge in [0.25, 0.3) is 0 Å². The molecule has 0 amide bonds. The van der Waals surface area contributed by atoms with Gasteiger partial charge in [-0.3, -0.25) is 0 Å². The van der Waals surface area contributed by atoms with E-state index >= 15 is 0 Å². The molecule has 0 aliphatic carbocycles. The minimum atomic E-state index is -0.194. The Hall–Kier alpha value is -1.05. The van der Waals surface area contributed by atoms with Gasteiger partial charge < -0.3 is 4.74 Å². The second kappa shape index (κ2) is 4.85. The normalized spacial score (nSPS) is 22.2. The molecule has 0 fully saturated rings. The van der Waals surface area contributed by atoms with Crippen molar-refractivity contribution in [1.29, 1.82) is 0 Å². The van der Waals surface area contributed by atoms with Crippen molar-refractivity contribution in [2.75, 3.05) is 0 Å². The highest BCUT2D eigenvalue weighted by Crippen LogP contribution is 2.14. The second-order valence-electron chi connectivity index (χ2n) is 3.28. The highest BCUT2D eigenvalue weighted by molar-refractivity contribution is 5.93. The summed E-state index contributed by atoms with van der Waals surface area (Å²) in [5, 5.41) is 0. The summed E-state index contributed by atoms with van der Waals surface area (Å²) in [5.74, 6) is -0.194. The van der Waals surface area contributed by atoms with E-state index in [9.17, 15) is 4.79 Å². The monoisotopic (exact) mass is 180 g/mol. The Morgan fingerprint density at radius 3 is 2.92 bits per heavy atom. The van der Waals surface area contributed by atoms with Gasteiger partial charge in [-0.2, -0.15) is 0 Å². The molecule has 1 aliphatic rings. The molecule has 2 heteroatoms. The lowest BCUT2D eigenvalue weighted by atomic mass is 10.2. The van der Waals surface area contributed by atoms with Gasteiger partial charge in [0, 0.05) is 0 Å². The fraction of sp³-hybridized carbons (Fsp3) is 0.545. The maximum absolute atomic E-state index is 11.1. The summed E-state index contributed by atoms with van der Waals surface area (Å²) in [6, 6.07) is 0. The molecule has 0 bridgehead atoms. The van der Waals surface area contributed by atoms with Crippen molar-refractivity contribution >= 4 is 5.97 Å². The van der Waals surface area contributed by atoms with Gasteiger partial charge in [-0.25, -0.2) is 4.79 Å². The molecule has 2 nitrogen and oxygen atoms in total. The molecule has 0 spiro atoms. The number of carbonyl (C=O) groups excluding carboxylic acids is 1. The molecule has 0 radical (unpaired) electrons. The van der Waals surface area contributed by atoms with E-state index in [1.807, 2.05) is 25.2 Å². The Morgan fingerprint density at radius 1 is 1.62 bits per heavy atom. The maximum atomic E-state index is 11.1. The zero-order chi connectivity index (χ0) is 9.68. The van der Waals surface area contributed by atoms with Gasteiger partial charge in [-0.05, 0) is 19.4 Å². The predicted molar refractivity (Wildman–Crippen MR) is 52.3 cm³/mol. The van der Waals surface area contributed by atoms with E-state index in [2.05, 4.69) is 6.92 Å². The summed E-state index contributed by atoms with van der Waals surface area (Å²) in [5.41, 5.74) is 0.698. The first-order chi connectivity index (χ1) is 6.24. The SMILES string of the molecule is CCCC/C=C\C1=C[C@@H](C)OC1=O. The first kappa shape index (κ1) is 10.0. The Balaban J connectivity index is 2.40. The van der Waals surface area contributed by atoms with E-state index in [-0.39, 0.29) is 12.1 Å². The third-order valence-corrected chi connectivity index (χ3v) is 1.96. The lowest BCUT2D eigenvalue weighted by Gasteiger charge is -1.96.